The SMILES string of the molecule is Cc1ccc(Br)cc1CCN(C)c1cccc(F)c1N. The summed E-state index contributed by atoms with van der Waals surface area (Å²) < 4.78 is 14.5. The predicted octanol–water partition coefficient (Wildman–Crippen LogP) is 4.16. The van der Waals surface area contributed by atoms with Crippen LogP contribution in [0.4, 0.5) is 15.8 Å². The molecule has 0 fully saturated rings. The van der Waals surface area contributed by atoms with Crippen LogP contribution in [0.5, 0.6) is 0 Å². The van der Waals surface area contributed by atoms with Gasteiger partial charge in [-0.15, -0.1) is 0 Å². The lowest BCUT2D eigenvalue weighted by molar-refractivity contribution is 0.632. The molecule has 2 aromatic carbocycles. The van der Waals surface area contributed by atoms with Gasteiger partial charge in [0.05, 0.1) is 11.4 Å². The number of nitrogen functional groups attached to an aromatic ring is 1. The molecular formula is C16H18BrFN2. The highest BCUT2D eigenvalue weighted by atomic mass is 79.9. The summed E-state index contributed by atoms with van der Waals surface area (Å²) in [5.41, 5.74) is 9.26. The van der Waals surface area contributed by atoms with E-state index in [0.717, 1.165) is 23.1 Å². The van der Waals surface area contributed by atoms with Crippen LogP contribution in [0.1, 0.15) is 11.1 Å². The third kappa shape index (κ3) is 3.31. The lowest BCUT2D eigenvalue weighted by atomic mass is 10.1. The minimum atomic E-state index is -0.368. The first-order valence-electron chi connectivity index (χ1n) is 6.49. The van der Waals surface area contributed by atoms with Crippen LogP contribution in [0.15, 0.2) is 40.9 Å². The molecule has 0 aliphatic carbocycles. The van der Waals surface area contributed by atoms with E-state index in [1.165, 1.54) is 17.2 Å². The molecule has 0 bridgehead atoms. The van der Waals surface area contributed by atoms with Gasteiger partial charge in [-0.1, -0.05) is 28.1 Å². The van der Waals surface area contributed by atoms with Crippen molar-refractivity contribution in [2.45, 2.75) is 13.3 Å². The van der Waals surface area contributed by atoms with Crippen molar-refractivity contribution >= 4 is 27.3 Å². The molecule has 4 heteroatoms. The number of rotatable bonds is 4. The first-order chi connectivity index (χ1) is 9.49. The fraction of sp³-hybridized carbons (Fsp3) is 0.250. The van der Waals surface area contributed by atoms with Crippen LogP contribution in [-0.4, -0.2) is 13.6 Å². The summed E-state index contributed by atoms with van der Waals surface area (Å²) in [4.78, 5) is 1.98. The summed E-state index contributed by atoms with van der Waals surface area (Å²) >= 11 is 3.49. The molecule has 0 aromatic heterocycles. The summed E-state index contributed by atoms with van der Waals surface area (Å²) in [6.45, 7) is 2.88. The molecule has 106 valence electrons. The second-order valence-electron chi connectivity index (χ2n) is 4.91. The summed E-state index contributed by atoms with van der Waals surface area (Å²) in [5.74, 6) is -0.368. The van der Waals surface area contributed by atoms with Gasteiger partial charge in [-0.3, -0.25) is 0 Å². The number of anilines is 2. The second-order valence-corrected chi connectivity index (χ2v) is 5.83. The zero-order valence-corrected chi connectivity index (χ0v) is 13.2. The van der Waals surface area contributed by atoms with Gasteiger partial charge in [0.25, 0.3) is 0 Å². The van der Waals surface area contributed by atoms with Crippen molar-refractivity contribution in [3.63, 3.8) is 0 Å². The van der Waals surface area contributed by atoms with Crippen molar-refractivity contribution < 1.29 is 4.39 Å². The molecule has 0 spiro atoms. The van der Waals surface area contributed by atoms with E-state index in [-0.39, 0.29) is 11.5 Å². The molecule has 0 heterocycles. The zero-order valence-electron chi connectivity index (χ0n) is 11.7. The average Bonchev–Trinajstić information content (AvgIpc) is 2.42. The maximum atomic E-state index is 13.5. The van der Waals surface area contributed by atoms with Gasteiger partial charge in [-0.2, -0.15) is 0 Å². The van der Waals surface area contributed by atoms with Crippen LogP contribution in [0.25, 0.3) is 0 Å². The number of nitrogens with zero attached hydrogens (tertiary/aromatic N) is 1. The maximum absolute atomic E-state index is 13.5. The van der Waals surface area contributed by atoms with E-state index in [1.807, 2.05) is 24.1 Å². The normalized spacial score (nSPS) is 10.6. The standard InChI is InChI=1S/C16H18BrFN2/c1-11-6-7-13(17)10-12(11)8-9-20(2)15-5-3-4-14(18)16(15)19/h3-7,10H,8-9,19H2,1-2H3. The van der Waals surface area contributed by atoms with Gasteiger partial charge in [-0.05, 0) is 48.7 Å². The van der Waals surface area contributed by atoms with Crippen LogP contribution >= 0.6 is 15.9 Å². The van der Waals surface area contributed by atoms with Gasteiger partial charge in [-0.25, -0.2) is 4.39 Å². The predicted molar refractivity (Wildman–Crippen MR) is 86.7 cm³/mol. The van der Waals surface area contributed by atoms with Gasteiger partial charge >= 0.3 is 0 Å². The number of nitrogens with two attached hydrogens (primary N) is 1. The second kappa shape index (κ2) is 6.27. The molecule has 0 aliphatic rings. The number of likely N-dealkylation sites (N-methyl/N-ethyl adjacent to an activating group) is 1. The van der Waals surface area contributed by atoms with Gasteiger partial charge in [0.2, 0.25) is 0 Å². The molecule has 0 saturated carbocycles. The fourth-order valence-corrected chi connectivity index (χ4v) is 2.58. The molecule has 0 saturated heterocycles. The van der Waals surface area contributed by atoms with Gasteiger partial charge in [0.1, 0.15) is 5.82 Å². The van der Waals surface area contributed by atoms with E-state index >= 15 is 0 Å². The van der Waals surface area contributed by atoms with E-state index in [9.17, 15) is 4.39 Å². The summed E-state index contributed by atoms with van der Waals surface area (Å²) in [6.07, 6.45) is 0.887. The smallest absolute Gasteiger partial charge is 0.148 e. The highest BCUT2D eigenvalue weighted by Gasteiger charge is 2.09. The van der Waals surface area contributed by atoms with E-state index in [0.29, 0.717) is 0 Å². The van der Waals surface area contributed by atoms with Crippen molar-refractivity contribution in [2.75, 3.05) is 24.2 Å². The lowest BCUT2D eigenvalue weighted by Crippen LogP contribution is -2.22. The van der Waals surface area contributed by atoms with E-state index in [4.69, 9.17) is 5.73 Å². The molecule has 2 N–H and O–H groups in total. The average molecular weight is 337 g/mol. The molecule has 2 nitrogen and oxygen atoms in total. The van der Waals surface area contributed by atoms with E-state index in [1.54, 1.807) is 6.07 Å². The topological polar surface area (TPSA) is 29.3 Å². The minimum absolute atomic E-state index is 0.209. The molecule has 0 aliphatic heterocycles. The third-order valence-corrected chi connectivity index (χ3v) is 3.96. The molecular weight excluding hydrogens is 319 g/mol. The monoisotopic (exact) mass is 336 g/mol. The molecule has 0 unspecified atom stereocenters. The maximum Gasteiger partial charge on any atom is 0.148 e. The first-order valence-corrected chi connectivity index (χ1v) is 7.28. The van der Waals surface area contributed by atoms with Crippen molar-refractivity contribution in [3.05, 3.63) is 57.8 Å². The molecule has 0 amide bonds. The van der Waals surface area contributed by atoms with Crippen LogP contribution in [0.2, 0.25) is 0 Å². The molecule has 2 rings (SSSR count). The minimum Gasteiger partial charge on any atom is -0.395 e. The highest BCUT2D eigenvalue weighted by molar-refractivity contribution is 9.10. The Kier molecular flexibility index (Phi) is 4.65. The number of halogens is 2. The van der Waals surface area contributed by atoms with Crippen molar-refractivity contribution in [3.8, 4) is 0 Å². The fourth-order valence-electron chi connectivity index (χ4n) is 2.18. The van der Waals surface area contributed by atoms with Crippen LogP contribution in [0, 0.1) is 12.7 Å². The summed E-state index contributed by atoms with van der Waals surface area (Å²) in [5, 5.41) is 0. The van der Waals surface area contributed by atoms with Gasteiger partial charge in [0.15, 0.2) is 0 Å². The van der Waals surface area contributed by atoms with Crippen LogP contribution < -0.4 is 10.6 Å². The Labute approximate surface area is 127 Å². The van der Waals surface area contributed by atoms with Gasteiger partial charge in [0, 0.05) is 18.1 Å². The largest absolute Gasteiger partial charge is 0.395 e. The Hall–Kier alpha value is -1.55. The Morgan fingerprint density at radius 3 is 2.75 bits per heavy atom. The Morgan fingerprint density at radius 1 is 1.25 bits per heavy atom. The van der Waals surface area contributed by atoms with Gasteiger partial charge < -0.3 is 10.6 Å². The molecule has 2 aromatic rings. The quantitative estimate of drug-likeness (QED) is 0.849. The molecule has 0 radical (unpaired) electrons. The third-order valence-electron chi connectivity index (χ3n) is 3.47. The Morgan fingerprint density at radius 2 is 2.00 bits per heavy atom. The van der Waals surface area contributed by atoms with E-state index in [2.05, 4.69) is 35.0 Å². The molecule has 0 atom stereocenters. The Balaban J connectivity index is 2.10. The summed E-state index contributed by atoms with van der Waals surface area (Å²) in [6, 6.07) is 11.2. The Bertz CT molecular complexity index is 613. The summed E-state index contributed by atoms with van der Waals surface area (Å²) in [7, 11) is 1.93. The van der Waals surface area contributed by atoms with Crippen molar-refractivity contribution in [1.29, 1.82) is 0 Å². The van der Waals surface area contributed by atoms with Crippen molar-refractivity contribution in [1.82, 2.24) is 0 Å². The van der Waals surface area contributed by atoms with Crippen molar-refractivity contribution in [2.24, 2.45) is 0 Å². The zero-order chi connectivity index (χ0) is 14.7. The molecule has 20 heavy (non-hydrogen) atoms. The first kappa shape index (κ1) is 14.9. The highest BCUT2D eigenvalue weighted by Crippen LogP contribution is 2.25. The van der Waals surface area contributed by atoms with Crippen LogP contribution in [0.3, 0.4) is 0 Å². The van der Waals surface area contributed by atoms with Crippen LogP contribution in [-0.2, 0) is 6.42 Å². The lowest BCUT2D eigenvalue weighted by Gasteiger charge is -2.21. The van der Waals surface area contributed by atoms with E-state index < -0.39 is 0 Å². The number of hydrogen-bond acceptors (Lipinski definition) is 2. The number of para-hydroxylation sites is 1. The number of hydrogen-bond donors (Lipinski definition) is 1. The number of aryl methyl sites for hydroxylation is 1. The number of benzene rings is 2.